The van der Waals surface area contributed by atoms with Crippen LogP contribution in [-0.2, 0) is 11.3 Å². The molecule has 2 N–H and O–H groups in total. The summed E-state index contributed by atoms with van der Waals surface area (Å²) in [6, 6.07) is 5.32. The summed E-state index contributed by atoms with van der Waals surface area (Å²) in [5.74, 6) is 0. The number of ether oxygens (including phenoxy) is 1. The van der Waals surface area contributed by atoms with Gasteiger partial charge in [-0.25, -0.2) is 0 Å². The SMILES string of the molecule is Nc1cc(COCCCC(F)(F)F)ccc1Br. The Morgan fingerprint density at radius 1 is 1.29 bits per heavy atom. The molecule has 0 spiro atoms. The maximum absolute atomic E-state index is 11.8. The van der Waals surface area contributed by atoms with Gasteiger partial charge < -0.3 is 10.5 Å². The molecule has 0 bridgehead atoms. The highest BCUT2D eigenvalue weighted by atomic mass is 79.9. The summed E-state index contributed by atoms with van der Waals surface area (Å²) < 4.78 is 41.4. The Bertz CT molecular complexity index is 368. The van der Waals surface area contributed by atoms with E-state index in [0.717, 1.165) is 10.0 Å². The molecule has 0 radical (unpaired) electrons. The summed E-state index contributed by atoms with van der Waals surface area (Å²) in [5.41, 5.74) is 7.09. The van der Waals surface area contributed by atoms with E-state index >= 15 is 0 Å². The Morgan fingerprint density at radius 2 is 2.00 bits per heavy atom. The molecular formula is C11H13BrF3NO. The van der Waals surface area contributed by atoms with E-state index in [9.17, 15) is 13.2 Å². The van der Waals surface area contributed by atoms with Crippen LogP contribution < -0.4 is 5.73 Å². The molecule has 0 unspecified atom stereocenters. The van der Waals surface area contributed by atoms with Gasteiger partial charge in [0.15, 0.2) is 0 Å². The van der Waals surface area contributed by atoms with Gasteiger partial charge in [-0.2, -0.15) is 13.2 Å². The summed E-state index contributed by atoms with van der Waals surface area (Å²) in [4.78, 5) is 0. The lowest BCUT2D eigenvalue weighted by Crippen LogP contribution is -2.08. The third-order valence-corrected chi connectivity index (χ3v) is 2.80. The number of alkyl halides is 3. The van der Waals surface area contributed by atoms with Gasteiger partial charge in [0.2, 0.25) is 0 Å². The van der Waals surface area contributed by atoms with Gasteiger partial charge in [-0.1, -0.05) is 6.07 Å². The average molecular weight is 312 g/mol. The zero-order valence-electron chi connectivity index (χ0n) is 9.06. The molecule has 0 aromatic heterocycles. The molecule has 96 valence electrons. The fourth-order valence-electron chi connectivity index (χ4n) is 1.25. The second kappa shape index (κ2) is 6.26. The van der Waals surface area contributed by atoms with E-state index in [1.807, 2.05) is 6.07 Å². The molecule has 0 saturated heterocycles. The minimum Gasteiger partial charge on any atom is -0.398 e. The standard InChI is InChI=1S/C11H13BrF3NO/c12-9-3-2-8(6-10(9)16)7-17-5-1-4-11(13,14)15/h2-3,6H,1,4-5,7,16H2. The first-order valence-corrected chi connectivity index (χ1v) is 5.86. The minimum atomic E-state index is -4.11. The normalized spacial score (nSPS) is 11.8. The maximum Gasteiger partial charge on any atom is 0.389 e. The molecule has 0 aliphatic carbocycles. The summed E-state index contributed by atoms with van der Waals surface area (Å²) in [6.07, 6.45) is -4.93. The lowest BCUT2D eigenvalue weighted by molar-refractivity contribution is -0.138. The van der Waals surface area contributed by atoms with E-state index in [1.54, 1.807) is 12.1 Å². The Kier molecular flexibility index (Phi) is 5.27. The molecule has 0 aliphatic rings. The Balaban J connectivity index is 2.25. The predicted molar refractivity (Wildman–Crippen MR) is 63.5 cm³/mol. The number of hydrogen-bond donors (Lipinski definition) is 1. The summed E-state index contributed by atoms with van der Waals surface area (Å²) in [6.45, 7) is 0.366. The molecule has 0 heterocycles. The van der Waals surface area contributed by atoms with Gasteiger partial charge in [0.1, 0.15) is 0 Å². The Morgan fingerprint density at radius 3 is 2.59 bits per heavy atom. The minimum absolute atomic E-state index is 0.0183. The number of halogens is 4. The van der Waals surface area contributed by atoms with Gasteiger partial charge in [0.05, 0.1) is 6.61 Å². The second-order valence-electron chi connectivity index (χ2n) is 3.63. The van der Waals surface area contributed by atoms with E-state index in [0.29, 0.717) is 5.69 Å². The molecule has 0 atom stereocenters. The van der Waals surface area contributed by atoms with Crippen molar-refractivity contribution >= 4 is 21.6 Å². The Labute approximate surface area is 106 Å². The van der Waals surface area contributed by atoms with Crippen LogP contribution in [0.1, 0.15) is 18.4 Å². The first kappa shape index (κ1) is 14.3. The van der Waals surface area contributed by atoms with Crippen molar-refractivity contribution in [3.05, 3.63) is 28.2 Å². The average Bonchev–Trinajstić information content (AvgIpc) is 2.21. The Hall–Kier alpha value is -0.750. The third kappa shape index (κ3) is 5.93. The van der Waals surface area contributed by atoms with Crippen LogP contribution >= 0.6 is 15.9 Å². The summed E-state index contributed by atoms with van der Waals surface area (Å²) >= 11 is 3.25. The summed E-state index contributed by atoms with van der Waals surface area (Å²) in [5, 5.41) is 0. The molecule has 0 amide bonds. The van der Waals surface area contributed by atoms with Crippen LogP contribution in [0.3, 0.4) is 0 Å². The smallest absolute Gasteiger partial charge is 0.389 e. The lowest BCUT2D eigenvalue weighted by atomic mass is 10.2. The van der Waals surface area contributed by atoms with Crippen molar-refractivity contribution in [3.8, 4) is 0 Å². The molecule has 17 heavy (non-hydrogen) atoms. The number of hydrogen-bond acceptors (Lipinski definition) is 2. The second-order valence-corrected chi connectivity index (χ2v) is 4.48. The lowest BCUT2D eigenvalue weighted by Gasteiger charge is -2.07. The molecule has 0 saturated carbocycles. The predicted octanol–water partition coefficient (Wildman–Crippen LogP) is 3.89. The van der Waals surface area contributed by atoms with Crippen LogP contribution in [0.15, 0.2) is 22.7 Å². The number of anilines is 1. The van der Waals surface area contributed by atoms with Crippen molar-refractivity contribution < 1.29 is 17.9 Å². The van der Waals surface area contributed by atoms with Gasteiger partial charge in [-0.3, -0.25) is 0 Å². The number of benzene rings is 1. The fraction of sp³-hybridized carbons (Fsp3) is 0.455. The molecule has 1 aromatic carbocycles. The third-order valence-electron chi connectivity index (χ3n) is 2.08. The zero-order chi connectivity index (χ0) is 12.9. The van der Waals surface area contributed by atoms with Crippen molar-refractivity contribution in [2.24, 2.45) is 0 Å². The van der Waals surface area contributed by atoms with Gasteiger partial charge >= 0.3 is 6.18 Å². The molecule has 0 fully saturated rings. The quantitative estimate of drug-likeness (QED) is 0.661. The van der Waals surface area contributed by atoms with Gasteiger partial charge in [-0.15, -0.1) is 0 Å². The monoisotopic (exact) mass is 311 g/mol. The van der Waals surface area contributed by atoms with Crippen LogP contribution in [0.5, 0.6) is 0 Å². The highest BCUT2D eigenvalue weighted by Gasteiger charge is 2.25. The fourth-order valence-corrected chi connectivity index (χ4v) is 1.49. The van der Waals surface area contributed by atoms with Crippen LogP contribution in [-0.4, -0.2) is 12.8 Å². The molecule has 0 aliphatic heterocycles. The van der Waals surface area contributed by atoms with Gasteiger partial charge in [0.25, 0.3) is 0 Å². The molecule has 6 heteroatoms. The summed E-state index contributed by atoms with van der Waals surface area (Å²) in [7, 11) is 0. The van der Waals surface area contributed by atoms with Crippen molar-refractivity contribution in [2.75, 3.05) is 12.3 Å². The van der Waals surface area contributed by atoms with E-state index in [4.69, 9.17) is 10.5 Å². The molecule has 1 rings (SSSR count). The maximum atomic E-state index is 11.8. The largest absolute Gasteiger partial charge is 0.398 e. The van der Waals surface area contributed by atoms with Crippen molar-refractivity contribution in [3.63, 3.8) is 0 Å². The topological polar surface area (TPSA) is 35.2 Å². The zero-order valence-corrected chi connectivity index (χ0v) is 10.6. The van der Waals surface area contributed by atoms with Crippen LogP contribution in [0.25, 0.3) is 0 Å². The van der Waals surface area contributed by atoms with E-state index in [-0.39, 0.29) is 19.6 Å². The molecule has 1 aromatic rings. The highest BCUT2D eigenvalue weighted by Crippen LogP contribution is 2.22. The number of rotatable bonds is 5. The van der Waals surface area contributed by atoms with E-state index in [1.165, 1.54) is 0 Å². The van der Waals surface area contributed by atoms with E-state index in [2.05, 4.69) is 15.9 Å². The molecule has 2 nitrogen and oxygen atoms in total. The highest BCUT2D eigenvalue weighted by molar-refractivity contribution is 9.10. The first-order valence-electron chi connectivity index (χ1n) is 5.07. The number of nitrogens with two attached hydrogens (primary N) is 1. The van der Waals surface area contributed by atoms with Crippen LogP contribution in [0.2, 0.25) is 0 Å². The van der Waals surface area contributed by atoms with Crippen LogP contribution in [0.4, 0.5) is 18.9 Å². The van der Waals surface area contributed by atoms with Gasteiger partial charge in [-0.05, 0) is 40.0 Å². The van der Waals surface area contributed by atoms with Crippen molar-refractivity contribution in [1.82, 2.24) is 0 Å². The van der Waals surface area contributed by atoms with Crippen molar-refractivity contribution in [2.45, 2.75) is 25.6 Å². The first-order chi connectivity index (χ1) is 7.88. The number of nitrogen functional groups attached to an aromatic ring is 1. The van der Waals surface area contributed by atoms with Crippen molar-refractivity contribution in [1.29, 1.82) is 0 Å². The molecular weight excluding hydrogens is 299 g/mol. The van der Waals surface area contributed by atoms with E-state index < -0.39 is 12.6 Å². The van der Waals surface area contributed by atoms with Gasteiger partial charge in [0, 0.05) is 23.2 Å². The van der Waals surface area contributed by atoms with Crippen LogP contribution in [0, 0.1) is 0 Å².